The largest absolute Gasteiger partial charge is 0.378 e. The number of hydrogen-bond donors (Lipinski definition) is 1. The number of nitrogens with one attached hydrogen (secondary N) is 1. The van der Waals surface area contributed by atoms with Crippen molar-refractivity contribution in [3.8, 4) is 0 Å². The average molecular weight is 448 g/mol. The molecule has 1 nitrogen and oxygen atoms in total. The molecule has 0 saturated carbocycles. The molecule has 0 amide bonds. The van der Waals surface area contributed by atoms with Crippen molar-refractivity contribution >= 4 is 33.4 Å². The third-order valence-corrected chi connectivity index (χ3v) is 7.62. The summed E-state index contributed by atoms with van der Waals surface area (Å²) in [5.41, 5.74) is 5.48. The number of halogens is 1. The van der Waals surface area contributed by atoms with E-state index >= 15 is 0 Å². The van der Waals surface area contributed by atoms with Gasteiger partial charge in [-0.3, -0.25) is 0 Å². The minimum atomic E-state index is 0.340. The van der Waals surface area contributed by atoms with Crippen LogP contribution in [0.3, 0.4) is 0 Å². The fraction of sp³-hybridized carbons (Fsp3) is 0.200. The maximum absolute atomic E-state index is 3.85. The first kappa shape index (κ1) is 18.1. The molecule has 3 aromatic rings. The highest BCUT2D eigenvalue weighted by atomic mass is 79.9. The lowest BCUT2D eigenvalue weighted by Gasteiger charge is -2.38. The number of fused-ring (bicyclic) bond motifs is 3. The Morgan fingerprint density at radius 2 is 1.75 bits per heavy atom. The number of hydrogen-bond acceptors (Lipinski definition) is 2. The summed E-state index contributed by atoms with van der Waals surface area (Å²) < 4.78 is 1.19. The zero-order valence-electron chi connectivity index (χ0n) is 15.5. The summed E-state index contributed by atoms with van der Waals surface area (Å²) in [5.74, 6) is 2.07. The standard InChI is InChI=1S/C25H22BrNS/c26-23-12-5-4-9-21(23)25-20-11-6-10-19(20)22-15-17(13-14-24(22)27-25)16-28-18-7-2-1-3-8-18/h1-10,12-15,19-20,25,27H,11,16H2/t19-,20-,25-/m1/s1. The van der Waals surface area contributed by atoms with Crippen molar-refractivity contribution in [2.75, 3.05) is 5.32 Å². The van der Waals surface area contributed by atoms with E-state index in [2.05, 4.69) is 106 Å². The first-order chi connectivity index (χ1) is 13.8. The van der Waals surface area contributed by atoms with E-state index in [4.69, 9.17) is 0 Å². The lowest BCUT2D eigenvalue weighted by molar-refractivity contribution is 0.424. The highest BCUT2D eigenvalue weighted by Crippen LogP contribution is 2.51. The molecule has 1 heterocycles. The molecule has 0 spiro atoms. The molecule has 0 unspecified atom stereocenters. The molecule has 0 fully saturated rings. The molecule has 2 aliphatic rings. The van der Waals surface area contributed by atoms with Gasteiger partial charge in [-0.05, 0) is 53.3 Å². The Hall–Kier alpha value is -1.97. The van der Waals surface area contributed by atoms with Crippen LogP contribution in [0.4, 0.5) is 5.69 Å². The molecule has 0 bridgehead atoms. The number of allylic oxidation sites excluding steroid dienone is 2. The minimum Gasteiger partial charge on any atom is -0.378 e. The van der Waals surface area contributed by atoms with Gasteiger partial charge in [-0.1, -0.05) is 76.6 Å². The van der Waals surface area contributed by atoms with Gasteiger partial charge in [0.15, 0.2) is 0 Å². The molecule has 1 aliphatic carbocycles. The summed E-state index contributed by atoms with van der Waals surface area (Å²) >= 11 is 5.66. The summed E-state index contributed by atoms with van der Waals surface area (Å²) in [6.45, 7) is 0. The van der Waals surface area contributed by atoms with Crippen molar-refractivity contribution in [2.24, 2.45) is 5.92 Å². The van der Waals surface area contributed by atoms with Gasteiger partial charge in [0.1, 0.15) is 0 Å². The second-order valence-corrected chi connectivity index (χ2v) is 9.42. The van der Waals surface area contributed by atoms with Crippen molar-refractivity contribution in [2.45, 2.75) is 29.0 Å². The quantitative estimate of drug-likeness (QED) is 0.326. The van der Waals surface area contributed by atoms with Crippen LogP contribution in [0.15, 0.2) is 94.3 Å². The normalized spacial score (nSPS) is 22.4. The average Bonchev–Trinajstić information content (AvgIpc) is 3.23. The molecule has 28 heavy (non-hydrogen) atoms. The smallest absolute Gasteiger partial charge is 0.0565 e. The molecular weight excluding hydrogens is 426 g/mol. The molecule has 1 N–H and O–H groups in total. The SMILES string of the molecule is Brc1ccccc1[C@@H]1Nc2ccc(CSc3ccccc3)cc2[C@@H]2C=CC[C@H]21. The summed E-state index contributed by atoms with van der Waals surface area (Å²) in [6.07, 6.45) is 5.91. The van der Waals surface area contributed by atoms with E-state index in [9.17, 15) is 0 Å². The molecule has 5 rings (SSSR count). The summed E-state index contributed by atoms with van der Waals surface area (Å²) in [4.78, 5) is 1.32. The Morgan fingerprint density at radius 3 is 2.61 bits per heavy atom. The van der Waals surface area contributed by atoms with Crippen molar-refractivity contribution in [3.05, 3.63) is 106 Å². The summed E-state index contributed by atoms with van der Waals surface area (Å²) in [6, 6.07) is 26.6. The van der Waals surface area contributed by atoms with E-state index in [1.807, 2.05) is 11.8 Å². The summed E-state index contributed by atoms with van der Waals surface area (Å²) in [5, 5.41) is 3.85. The van der Waals surface area contributed by atoms with Gasteiger partial charge in [0.2, 0.25) is 0 Å². The van der Waals surface area contributed by atoms with Crippen LogP contribution in [0, 0.1) is 5.92 Å². The van der Waals surface area contributed by atoms with Gasteiger partial charge < -0.3 is 5.32 Å². The van der Waals surface area contributed by atoms with Crippen molar-refractivity contribution in [3.63, 3.8) is 0 Å². The zero-order valence-corrected chi connectivity index (χ0v) is 17.9. The van der Waals surface area contributed by atoms with E-state index < -0.39 is 0 Å². The van der Waals surface area contributed by atoms with E-state index in [1.54, 1.807) is 0 Å². The van der Waals surface area contributed by atoms with E-state index in [1.165, 1.54) is 31.7 Å². The first-order valence-electron chi connectivity index (χ1n) is 9.78. The Morgan fingerprint density at radius 1 is 0.929 bits per heavy atom. The fourth-order valence-corrected chi connectivity index (χ4v) is 5.85. The second-order valence-electron chi connectivity index (χ2n) is 7.52. The molecule has 1 aliphatic heterocycles. The monoisotopic (exact) mass is 447 g/mol. The van der Waals surface area contributed by atoms with E-state index in [0.29, 0.717) is 17.9 Å². The number of thioether (sulfide) groups is 1. The predicted octanol–water partition coefficient (Wildman–Crippen LogP) is 7.57. The maximum Gasteiger partial charge on any atom is 0.0565 e. The van der Waals surface area contributed by atoms with Crippen LogP contribution < -0.4 is 5.32 Å². The highest BCUT2D eigenvalue weighted by Gasteiger charge is 2.38. The van der Waals surface area contributed by atoms with Crippen molar-refractivity contribution in [1.29, 1.82) is 0 Å². The third kappa shape index (κ3) is 3.42. The molecule has 140 valence electrons. The highest BCUT2D eigenvalue weighted by molar-refractivity contribution is 9.10. The summed E-state index contributed by atoms with van der Waals surface area (Å²) in [7, 11) is 0. The molecule has 3 atom stereocenters. The van der Waals surface area contributed by atoms with Crippen LogP contribution in [0.1, 0.15) is 35.1 Å². The van der Waals surface area contributed by atoms with Crippen molar-refractivity contribution < 1.29 is 0 Å². The predicted molar refractivity (Wildman–Crippen MR) is 123 cm³/mol. The number of benzene rings is 3. The first-order valence-corrected chi connectivity index (χ1v) is 11.6. The van der Waals surface area contributed by atoms with Crippen LogP contribution >= 0.6 is 27.7 Å². The topological polar surface area (TPSA) is 12.0 Å². The maximum atomic E-state index is 3.85. The van der Waals surface area contributed by atoms with Crippen molar-refractivity contribution in [1.82, 2.24) is 0 Å². The molecule has 0 radical (unpaired) electrons. The van der Waals surface area contributed by atoms with Gasteiger partial charge in [-0.15, -0.1) is 11.8 Å². The number of rotatable bonds is 4. The van der Waals surface area contributed by atoms with E-state index in [0.717, 1.165) is 12.2 Å². The van der Waals surface area contributed by atoms with Gasteiger partial charge in [-0.25, -0.2) is 0 Å². The van der Waals surface area contributed by atoms with Crippen LogP contribution in [0.25, 0.3) is 0 Å². The van der Waals surface area contributed by atoms with Crippen LogP contribution in [-0.4, -0.2) is 0 Å². The molecular formula is C25H22BrNS. The van der Waals surface area contributed by atoms with Gasteiger partial charge in [-0.2, -0.15) is 0 Å². The van der Waals surface area contributed by atoms with Gasteiger partial charge in [0.25, 0.3) is 0 Å². The van der Waals surface area contributed by atoms with Gasteiger partial charge in [0.05, 0.1) is 6.04 Å². The van der Waals surface area contributed by atoms with Crippen LogP contribution in [0.2, 0.25) is 0 Å². The Balaban J connectivity index is 1.43. The molecule has 3 heteroatoms. The fourth-order valence-electron chi connectivity index (χ4n) is 4.45. The third-order valence-electron chi connectivity index (χ3n) is 5.82. The lowest BCUT2D eigenvalue weighted by Crippen LogP contribution is -2.29. The number of anilines is 1. The Labute approximate surface area is 179 Å². The van der Waals surface area contributed by atoms with Crippen LogP contribution in [0.5, 0.6) is 0 Å². The molecule has 0 aromatic heterocycles. The Kier molecular flexibility index (Phi) is 5.04. The Bertz CT molecular complexity index is 1010. The second kappa shape index (κ2) is 7.81. The van der Waals surface area contributed by atoms with Gasteiger partial charge in [0, 0.05) is 26.7 Å². The molecule has 0 saturated heterocycles. The van der Waals surface area contributed by atoms with E-state index in [-0.39, 0.29) is 0 Å². The van der Waals surface area contributed by atoms with Crippen LogP contribution in [-0.2, 0) is 5.75 Å². The minimum absolute atomic E-state index is 0.340. The lowest BCUT2D eigenvalue weighted by atomic mass is 9.76. The molecule has 3 aromatic carbocycles. The van der Waals surface area contributed by atoms with Gasteiger partial charge >= 0.3 is 0 Å². The zero-order chi connectivity index (χ0) is 18.9.